The summed E-state index contributed by atoms with van der Waals surface area (Å²) >= 11 is 0. The summed E-state index contributed by atoms with van der Waals surface area (Å²) in [7, 11) is 1.58. The van der Waals surface area contributed by atoms with Crippen LogP contribution in [0.25, 0.3) is 0 Å². The second-order valence-corrected chi connectivity index (χ2v) is 5.96. The van der Waals surface area contributed by atoms with Crippen LogP contribution < -0.4 is 15.4 Å². The summed E-state index contributed by atoms with van der Waals surface area (Å²) in [5.74, 6) is 0.0545. The number of methoxy groups -OCH3 is 1. The Morgan fingerprint density at radius 1 is 0.929 bits per heavy atom. The molecular formula is C21H20N4O3. The van der Waals surface area contributed by atoms with Crippen LogP contribution in [0.3, 0.4) is 0 Å². The topological polar surface area (TPSA) is 93.2 Å². The van der Waals surface area contributed by atoms with E-state index in [2.05, 4.69) is 20.6 Å². The van der Waals surface area contributed by atoms with E-state index in [1.807, 2.05) is 42.5 Å². The van der Waals surface area contributed by atoms with Crippen LogP contribution >= 0.6 is 0 Å². The Morgan fingerprint density at radius 2 is 1.61 bits per heavy atom. The van der Waals surface area contributed by atoms with Crippen molar-refractivity contribution in [2.45, 2.75) is 13.1 Å². The van der Waals surface area contributed by atoms with E-state index in [1.54, 1.807) is 13.3 Å². The second kappa shape index (κ2) is 9.27. The second-order valence-electron chi connectivity index (χ2n) is 5.96. The highest BCUT2D eigenvalue weighted by molar-refractivity contribution is 5.99. The number of pyridine rings is 2. The fraction of sp³-hybridized carbons (Fsp3) is 0.143. The van der Waals surface area contributed by atoms with Crippen LogP contribution in [-0.2, 0) is 13.1 Å². The predicted molar refractivity (Wildman–Crippen MR) is 104 cm³/mol. The zero-order chi connectivity index (χ0) is 19.8. The first-order valence-corrected chi connectivity index (χ1v) is 8.70. The number of carbonyl (C=O) groups is 2. The minimum atomic E-state index is -0.322. The van der Waals surface area contributed by atoms with E-state index in [0.717, 1.165) is 11.3 Å². The molecule has 2 N–H and O–H groups in total. The van der Waals surface area contributed by atoms with E-state index < -0.39 is 0 Å². The molecule has 0 fully saturated rings. The van der Waals surface area contributed by atoms with Crippen molar-refractivity contribution >= 4 is 11.8 Å². The molecule has 7 heteroatoms. The lowest BCUT2D eigenvalue weighted by molar-refractivity contribution is 0.0950. The van der Waals surface area contributed by atoms with Gasteiger partial charge in [0.05, 0.1) is 30.5 Å². The lowest BCUT2D eigenvalue weighted by Crippen LogP contribution is -2.26. The van der Waals surface area contributed by atoms with Gasteiger partial charge in [0, 0.05) is 30.7 Å². The first kappa shape index (κ1) is 19.0. The SMILES string of the molecule is COc1ccccc1CNC(=O)c1cncc(C(=O)NCc2ccccn2)c1. The fourth-order valence-electron chi connectivity index (χ4n) is 2.59. The van der Waals surface area contributed by atoms with Gasteiger partial charge in [-0.15, -0.1) is 0 Å². The maximum atomic E-state index is 12.4. The molecule has 0 radical (unpaired) electrons. The van der Waals surface area contributed by atoms with Gasteiger partial charge in [-0.25, -0.2) is 0 Å². The van der Waals surface area contributed by atoms with Gasteiger partial charge in [0.2, 0.25) is 0 Å². The average molecular weight is 376 g/mol. The van der Waals surface area contributed by atoms with Gasteiger partial charge in [0.1, 0.15) is 5.75 Å². The maximum Gasteiger partial charge on any atom is 0.253 e. The third kappa shape index (κ3) is 4.91. The normalized spacial score (nSPS) is 10.2. The Bertz CT molecular complexity index is 961. The third-order valence-electron chi connectivity index (χ3n) is 4.05. The molecule has 2 aromatic heterocycles. The van der Waals surface area contributed by atoms with E-state index in [0.29, 0.717) is 30.0 Å². The third-order valence-corrected chi connectivity index (χ3v) is 4.05. The molecule has 1 aromatic carbocycles. The summed E-state index contributed by atoms with van der Waals surface area (Å²) < 4.78 is 5.28. The summed E-state index contributed by atoms with van der Waals surface area (Å²) in [6, 6.07) is 14.4. The molecule has 0 bridgehead atoms. The first-order valence-electron chi connectivity index (χ1n) is 8.70. The molecule has 0 saturated carbocycles. The molecule has 3 rings (SSSR count). The smallest absolute Gasteiger partial charge is 0.253 e. The summed E-state index contributed by atoms with van der Waals surface area (Å²) in [6.45, 7) is 0.600. The largest absolute Gasteiger partial charge is 0.496 e. The van der Waals surface area contributed by atoms with Gasteiger partial charge >= 0.3 is 0 Å². The van der Waals surface area contributed by atoms with Crippen LogP contribution in [0.1, 0.15) is 32.0 Å². The molecule has 28 heavy (non-hydrogen) atoms. The number of nitrogens with one attached hydrogen (secondary N) is 2. The lowest BCUT2D eigenvalue weighted by Gasteiger charge is -2.10. The Morgan fingerprint density at radius 3 is 2.29 bits per heavy atom. The van der Waals surface area contributed by atoms with Crippen LogP contribution in [0.5, 0.6) is 5.75 Å². The van der Waals surface area contributed by atoms with Crippen LogP contribution in [0.2, 0.25) is 0 Å². The van der Waals surface area contributed by atoms with E-state index in [1.165, 1.54) is 18.5 Å². The highest BCUT2D eigenvalue weighted by atomic mass is 16.5. The molecule has 0 saturated heterocycles. The molecular weight excluding hydrogens is 356 g/mol. The first-order chi connectivity index (χ1) is 13.7. The Balaban J connectivity index is 1.61. The molecule has 0 unspecified atom stereocenters. The molecule has 0 aliphatic heterocycles. The van der Waals surface area contributed by atoms with Gasteiger partial charge in [-0.05, 0) is 24.3 Å². The highest BCUT2D eigenvalue weighted by Crippen LogP contribution is 2.17. The Labute approximate surface area is 162 Å². The number of nitrogens with zero attached hydrogens (tertiary/aromatic N) is 2. The lowest BCUT2D eigenvalue weighted by atomic mass is 10.1. The number of benzene rings is 1. The van der Waals surface area contributed by atoms with Crippen LogP contribution in [0.4, 0.5) is 0 Å². The quantitative estimate of drug-likeness (QED) is 0.660. The van der Waals surface area contributed by atoms with Crippen LogP contribution in [0, 0.1) is 0 Å². The molecule has 142 valence electrons. The summed E-state index contributed by atoms with van der Waals surface area (Å²) in [6.07, 6.45) is 4.51. The number of hydrogen-bond acceptors (Lipinski definition) is 5. The Kier molecular flexibility index (Phi) is 6.30. The monoisotopic (exact) mass is 376 g/mol. The highest BCUT2D eigenvalue weighted by Gasteiger charge is 2.12. The van der Waals surface area contributed by atoms with E-state index >= 15 is 0 Å². The molecule has 2 heterocycles. The van der Waals surface area contributed by atoms with Crippen molar-refractivity contribution in [3.05, 3.63) is 89.5 Å². The Hall–Kier alpha value is -3.74. The van der Waals surface area contributed by atoms with Crippen molar-refractivity contribution < 1.29 is 14.3 Å². The zero-order valence-corrected chi connectivity index (χ0v) is 15.4. The maximum absolute atomic E-state index is 12.4. The fourth-order valence-corrected chi connectivity index (χ4v) is 2.59. The van der Waals surface area contributed by atoms with Crippen molar-refractivity contribution in [2.24, 2.45) is 0 Å². The van der Waals surface area contributed by atoms with Crippen LogP contribution in [0.15, 0.2) is 67.1 Å². The van der Waals surface area contributed by atoms with Crippen molar-refractivity contribution in [3.63, 3.8) is 0 Å². The summed E-state index contributed by atoms with van der Waals surface area (Å²) in [5, 5.41) is 5.58. The van der Waals surface area contributed by atoms with Gasteiger partial charge in [-0.3, -0.25) is 19.6 Å². The zero-order valence-electron chi connectivity index (χ0n) is 15.4. The molecule has 0 spiro atoms. The summed E-state index contributed by atoms with van der Waals surface area (Å²) in [5.41, 5.74) is 2.21. The van der Waals surface area contributed by atoms with Gasteiger partial charge in [-0.2, -0.15) is 0 Å². The number of hydrogen-bond donors (Lipinski definition) is 2. The van der Waals surface area contributed by atoms with E-state index in [9.17, 15) is 9.59 Å². The van der Waals surface area contributed by atoms with Crippen LogP contribution in [-0.4, -0.2) is 28.9 Å². The van der Waals surface area contributed by atoms with Gasteiger partial charge in [0.25, 0.3) is 11.8 Å². The van der Waals surface area contributed by atoms with Gasteiger partial charge in [-0.1, -0.05) is 24.3 Å². The number of ether oxygens (including phenoxy) is 1. The number of rotatable bonds is 7. The molecule has 7 nitrogen and oxygen atoms in total. The minimum absolute atomic E-state index is 0.296. The van der Waals surface area contributed by atoms with Crippen molar-refractivity contribution in [1.29, 1.82) is 0 Å². The summed E-state index contributed by atoms with van der Waals surface area (Å²) in [4.78, 5) is 32.9. The van der Waals surface area contributed by atoms with E-state index in [-0.39, 0.29) is 11.8 Å². The molecule has 3 aromatic rings. The van der Waals surface area contributed by atoms with Crippen molar-refractivity contribution in [2.75, 3.05) is 7.11 Å². The predicted octanol–water partition coefficient (Wildman–Crippen LogP) is 2.35. The average Bonchev–Trinajstić information content (AvgIpc) is 2.76. The number of amides is 2. The van der Waals surface area contributed by atoms with E-state index in [4.69, 9.17) is 4.74 Å². The van der Waals surface area contributed by atoms with Gasteiger partial charge in [0.15, 0.2) is 0 Å². The number of para-hydroxylation sites is 1. The van der Waals surface area contributed by atoms with Gasteiger partial charge < -0.3 is 15.4 Å². The molecule has 2 amide bonds. The van der Waals surface area contributed by atoms with Crippen molar-refractivity contribution in [1.82, 2.24) is 20.6 Å². The minimum Gasteiger partial charge on any atom is -0.496 e. The number of carbonyl (C=O) groups excluding carboxylic acids is 2. The standard InChI is InChI=1S/C21H20N4O3/c1-28-19-8-3-2-6-15(19)13-24-20(26)16-10-17(12-22-11-16)21(27)25-14-18-7-4-5-9-23-18/h2-12H,13-14H2,1H3,(H,24,26)(H,25,27). The molecule has 0 atom stereocenters. The molecule has 0 aliphatic carbocycles. The van der Waals surface area contributed by atoms with Crippen molar-refractivity contribution in [3.8, 4) is 5.75 Å². The number of aromatic nitrogens is 2. The molecule has 0 aliphatic rings.